The molecule has 0 aliphatic heterocycles. The largest absolute Gasteiger partial charge is 0.357 e. The van der Waals surface area contributed by atoms with Gasteiger partial charge < -0.3 is 10.6 Å². The van der Waals surface area contributed by atoms with Crippen LogP contribution in [0.1, 0.15) is 55.9 Å². The molecule has 0 spiro atoms. The Hall–Kier alpha value is -2.02. The van der Waals surface area contributed by atoms with Gasteiger partial charge in [0.05, 0.1) is 23.3 Å². The minimum absolute atomic E-state index is 0.213. The molecule has 0 saturated carbocycles. The second-order valence-electron chi connectivity index (χ2n) is 6.07. The first-order valence-electron chi connectivity index (χ1n) is 8.34. The number of aliphatic imine (C=N–C) groups is 1. The molecule has 0 aliphatic rings. The van der Waals surface area contributed by atoms with Gasteiger partial charge in [0.1, 0.15) is 0 Å². The fourth-order valence-electron chi connectivity index (χ4n) is 2.21. The van der Waals surface area contributed by atoms with Crippen LogP contribution in [-0.4, -0.2) is 17.5 Å². The average Bonchev–Trinajstić information content (AvgIpc) is 3.04. The van der Waals surface area contributed by atoms with E-state index in [2.05, 4.69) is 34.5 Å². The van der Waals surface area contributed by atoms with Crippen LogP contribution < -0.4 is 10.6 Å². The Labute approximate surface area is 151 Å². The zero-order chi connectivity index (χ0) is 18.4. The van der Waals surface area contributed by atoms with Crippen LogP contribution in [0, 0.1) is 11.6 Å². The zero-order valence-corrected chi connectivity index (χ0v) is 15.8. The number of halogens is 2. The van der Waals surface area contributed by atoms with Gasteiger partial charge in [-0.25, -0.2) is 18.8 Å². The molecule has 1 aromatic carbocycles. The maximum absolute atomic E-state index is 13.4. The Morgan fingerprint density at radius 3 is 2.60 bits per heavy atom. The molecule has 0 saturated heterocycles. The lowest BCUT2D eigenvalue weighted by atomic mass is 10.1. The SMILES string of the molecule is CCNC(=NCc1csc(C(C)C)n1)NC(C)c1ccc(F)c(F)c1. The first-order chi connectivity index (χ1) is 11.9. The molecule has 136 valence electrons. The Kier molecular flexibility index (Phi) is 6.87. The van der Waals surface area contributed by atoms with Gasteiger partial charge in [0.2, 0.25) is 0 Å². The minimum atomic E-state index is -0.850. The molecule has 2 rings (SSSR count). The van der Waals surface area contributed by atoms with Gasteiger partial charge in [-0.05, 0) is 31.5 Å². The minimum Gasteiger partial charge on any atom is -0.357 e. The molecule has 0 radical (unpaired) electrons. The van der Waals surface area contributed by atoms with Gasteiger partial charge in [0.25, 0.3) is 0 Å². The highest BCUT2D eigenvalue weighted by Gasteiger charge is 2.11. The van der Waals surface area contributed by atoms with Crippen LogP contribution in [-0.2, 0) is 6.54 Å². The smallest absolute Gasteiger partial charge is 0.192 e. The summed E-state index contributed by atoms with van der Waals surface area (Å²) in [7, 11) is 0. The van der Waals surface area contributed by atoms with E-state index in [1.165, 1.54) is 6.07 Å². The molecular weight excluding hydrogens is 342 g/mol. The van der Waals surface area contributed by atoms with E-state index in [1.54, 1.807) is 17.4 Å². The summed E-state index contributed by atoms with van der Waals surface area (Å²) in [6.45, 7) is 9.23. The van der Waals surface area contributed by atoms with Gasteiger partial charge in [-0.2, -0.15) is 0 Å². The highest BCUT2D eigenvalue weighted by atomic mass is 32.1. The molecule has 4 nitrogen and oxygen atoms in total. The predicted molar refractivity (Wildman–Crippen MR) is 98.9 cm³/mol. The van der Waals surface area contributed by atoms with Crippen LogP contribution in [0.25, 0.3) is 0 Å². The first-order valence-corrected chi connectivity index (χ1v) is 9.22. The fourth-order valence-corrected chi connectivity index (χ4v) is 3.04. The summed E-state index contributed by atoms with van der Waals surface area (Å²) in [5.74, 6) is -0.681. The summed E-state index contributed by atoms with van der Waals surface area (Å²) in [6, 6.07) is 3.69. The Morgan fingerprint density at radius 1 is 1.24 bits per heavy atom. The standard InChI is InChI=1S/C18H24F2N4S/c1-5-21-18(22-9-14-10-25-17(24-14)11(2)3)23-12(4)13-6-7-15(19)16(20)8-13/h6-8,10-12H,5,9H2,1-4H3,(H2,21,22,23). The van der Waals surface area contributed by atoms with Gasteiger partial charge in [0, 0.05) is 17.8 Å². The molecule has 25 heavy (non-hydrogen) atoms. The summed E-state index contributed by atoms with van der Waals surface area (Å²) in [6.07, 6.45) is 0. The summed E-state index contributed by atoms with van der Waals surface area (Å²) in [5.41, 5.74) is 1.58. The van der Waals surface area contributed by atoms with Crippen molar-refractivity contribution in [3.05, 3.63) is 51.5 Å². The third-order valence-electron chi connectivity index (χ3n) is 3.60. The van der Waals surface area contributed by atoms with Gasteiger partial charge in [-0.1, -0.05) is 19.9 Å². The number of nitrogens with zero attached hydrogens (tertiary/aromatic N) is 2. The Bertz CT molecular complexity index is 728. The van der Waals surface area contributed by atoms with Crippen molar-refractivity contribution in [2.75, 3.05) is 6.54 Å². The van der Waals surface area contributed by atoms with Crippen molar-refractivity contribution in [1.82, 2.24) is 15.6 Å². The van der Waals surface area contributed by atoms with Gasteiger partial charge in [-0.3, -0.25) is 0 Å². The lowest BCUT2D eigenvalue weighted by molar-refractivity contribution is 0.504. The number of guanidine groups is 1. The van der Waals surface area contributed by atoms with Crippen LogP contribution >= 0.6 is 11.3 Å². The molecule has 0 fully saturated rings. The summed E-state index contributed by atoms with van der Waals surface area (Å²) in [5, 5.41) is 9.47. The van der Waals surface area contributed by atoms with Crippen molar-refractivity contribution >= 4 is 17.3 Å². The lowest BCUT2D eigenvalue weighted by Crippen LogP contribution is -2.38. The molecule has 1 unspecified atom stereocenters. The maximum Gasteiger partial charge on any atom is 0.192 e. The number of rotatable bonds is 6. The summed E-state index contributed by atoms with van der Waals surface area (Å²) >= 11 is 1.64. The van der Waals surface area contributed by atoms with Crippen LogP contribution in [0.2, 0.25) is 0 Å². The molecule has 0 amide bonds. The molecule has 0 bridgehead atoms. The number of nitrogens with one attached hydrogen (secondary N) is 2. The summed E-state index contributed by atoms with van der Waals surface area (Å²) < 4.78 is 26.5. The number of hydrogen-bond acceptors (Lipinski definition) is 3. The van der Waals surface area contributed by atoms with Crippen molar-refractivity contribution in [2.45, 2.75) is 46.2 Å². The molecule has 7 heteroatoms. The maximum atomic E-state index is 13.4. The molecule has 2 aromatic rings. The van der Waals surface area contributed by atoms with Gasteiger partial charge >= 0.3 is 0 Å². The number of aromatic nitrogens is 1. The van der Waals surface area contributed by atoms with Crippen LogP contribution in [0.5, 0.6) is 0 Å². The van der Waals surface area contributed by atoms with Gasteiger partial charge in [0.15, 0.2) is 17.6 Å². The van der Waals surface area contributed by atoms with Crippen molar-refractivity contribution in [3.8, 4) is 0 Å². The third-order valence-corrected chi connectivity index (χ3v) is 4.80. The lowest BCUT2D eigenvalue weighted by Gasteiger charge is -2.18. The van der Waals surface area contributed by atoms with Gasteiger partial charge in [-0.15, -0.1) is 11.3 Å². The van der Waals surface area contributed by atoms with Crippen molar-refractivity contribution in [1.29, 1.82) is 0 Å². The van der Waals surface area contributed by atoms with Crippen LogP contribution in [0.3, 0.4) is 0 Å². The van der Waals surface area contributed by atoms with E-state index < -0.39 is 11.6 Å². The van der Waals surface area contributed by atoms with E-state index in [0.717, 1.165) is 16.8 Å². The van der Waals surface area contributed by atoms with E-state index >= 15 is 0 Å². The Balaban J connectivity index is 2.06. The second-order valence-corrected chi connectivity index (χ2v) is 6.96. The van der Waals surface area contributed by atoms with Crippen LogP contribution in [0.15, 0.2) is 28.6 Å². The molecular formula is C18H24F2N4S. The average molecular weight is 366 g/mol. The highest BCUT2D eigenvalue weighted by molar-refractivity contribution is 7.09. The topological polar surface area (TPSA) is 49.3 Å². The quantitative estimate of drug-likeness (QED) is 0.590. The normalized spacial score (nSPS) is 13.2. The van der Waals surface area contributed by atoms with E-state index in [4.69, 9.17) is 0 Å². The fraction of sp³-hybridized carbons (Fsp3) is 0.444. The van der Waals surface area contributed by atoms with E-state index in [1.807, 2.05) is 19.2 Å². The molecule has 1 aromatic heterocycles. The highest BCUT2D eigenvalue weighted by Crippen LogP contribution is 2.19. The Morgan fingerprint density at radius 2 is 2.00 bits per heavy atom. The number of benzene rings is 1. The molecule has 2 N–H and O–H groups in total. The predicted octanol–water partition coefficient (Wildman–Crippen LogP) is 4.36. The third kappa shape index (κ3) is 5.49. The van der Waals surface area contributed by atoms with Crippen molar-refractivity contribution in [2.24, 2.45) is 4.99 Å². The van der Waals surface area contributed by atoms with Crippen molar-refractivity contribution < 1.29 is 8.78 Å². The number of hydrogen-bond donors (Lipinski definition) is 2. The van der Waals surface area contributed by atoms with Crippen molar-refractivity contribution in [3.63, 3.8) is 0 Å². The monoisotopic (exact) mass is 366 g/mol. The first kappa shape index (κ1) is 19.3. The number of thiazole rings is 1. The van der Waals surface area contributed by atoms with E-state index in [-0.39, 0.29) is 6.04 Å². The van der Waals surface area contributed by atoms with E-state index in [9.17, 15) is 8.78 Å². The molecule has 1 atom stereocenters. The summed E-state index contributed by atoms with van der Waals surface area (Å²) in [4.78, 5) is 9.10. The van der Waals surface area contributed by atoms with E-state index in [0.29, 0.717) is 30.5 Å². The molecule has 0 aliphatic carbocycles. The van der Waals surface area contributed by atoms with Crippen LogP contribution in [0.4, 0.5) is 8.78 Å². The second kappa shape index (κ2) is 8.89. The molecule has 1 heterocycles. The zero-order valence-electron chi connectivity index (χ0n) is 14.9.